The minimum Gasteiger partial charge on any atom is -0.495 e. The van der Waals surface area contributed by atoms with Crippen LogP contribution in [0.2, 0.25) is 0 Å². The van der Waals surface area contributed by atoms with Gasteiger partial charge in [-0.3, -0.25) is 4.79 Å². The second-order valence-corrected chi connectivity index (χ2v) is 8.35. The van der Waals surface area contributed by atoms with E-state index in [2.05, 4.69) is 10.0 Å². The first-order valence-electron chi connectivity index (χ1n) is 9.06. The lowest BCUT2D eigenvalue weighted by Crippen LogP contribution is -2.36. The highest BCUT2D eigenvalue weighted by molar-refractivity contribution is 7.89. The molecule has 2 aromatic rings. The molecule has 0 spiro atoms. The van der Waals surface area contributed by atoms with Gasteiger partial charge in [0.15, 0.2) is 0 Å². The molecular formula is C20H24N2O4S. The largest absolute Gasteiger partial charge is 0.495 e. The zero-order chi connectivity index (χ0) is 19.3. The Bertz CT molecular complexity index is 906. The third-order valence-corrected chi connectivity index (χ3v) is 6.21. The second-order valence-electron chi connectivity index (χ2n) is 6.64. The molecule has 0 saturated heterocycles. The van der Waals surface area contributed by atoms with Crippen LogP contribution >= 0.6 is 0 Å². The van der Waals surface area contributed by atoms with E-state index in [0.717, 1.165) is 32.1 Å². The molecule has 1 amide bonds. The fraction of sp³-hybridized carbons (Fsp3) is 0.350. The SMILES string of the molecule is COc1ccccc1NC(=O)c1cccc(S(=O)(=O)NC2CCCCC2)c1. The summed E-state index contributed by atoms with van der Waals surface area (Å²) in [6.45, 7) is 0. The van der Waals surface area contributed by atoms with Crippen LogP contribution in [-0.4, -0.2) is 27.5 Å². The second kappa shape index (κ2) is 8.54. The quantitative estimate of drug-likeness (QED) is 0.792. The molecule has 0 aliphatic heterocycles. The van der Waals surface area contributed by atoms with Crippen molar-refractivity contribution in [3.05, 3.63) is 54.1 Å². The molecule has 1 fully saturated rings. The number of anilines is 1. The number of nitrogens with one attached hydrogen (secondary N) is 2. The summed E-state index contributed by atoms with van der Waals surface area (Å²) in [7, 11) is -2.13. The van der Waals surface area contributed by atoms with Crippen LogP contribution in [0, 0.1) is 0 Å². The Hall–Kier alpha value is -2.38. The smallest absolute Gasteiger partial charge is 0.255 e. The van der Waals surface area contributed by atoms with Gasteiger partial charge < -0.3 is 10.1 Å². The monoisotopic (exact) mass is 388 g/mol. The lowest BCUT2D eigenvalue weighted by molar-refractivity contribution is 0.102. The van der Waals surface area contributed by atoms with E-state index in [9.17, 15) is 13.2 Å². The number of sulfonamides is 1. The van der Waals surface area contributed by atoms with Crippen LogP contribution in [0.1, 0.15) is 42.5 Å². The number of hydrogen-bond acceptors (Lipinski definition) is 4. The highest BCUT2D eigenvalue weighted by Gasteiger charge is 2.22. The van der Waals surface area contributed by atoms with Crippen LogP contribution in [0.4, 0.5) is 5.69 Å². The lowest BCUT2D eigenvalue weighted by Gasteiger charge is -2.22. The van der Waals surface area contributed by atoms with Gasteiger partial charge in [-0.25, -0.2) is 13.1 Å². The number of ether oxygens (including phenoxy) is 1. The van der Waals surface area contributed by atoms with Gasteiger partial charge in [-0.15, -0.1) is 0 Å². The van der Waals surface area contributed by atoms with E-state index in [0.29, 0.717) is 11.4 Å². The van der Waals surface area contributed by atoms with Crippen molar-refractivity contribution >= 4 is 21.6 Å². The minimum absolute atomic E-state index is 0.0326. The van der Waals surface area contributed by atoms with Crippen LogP contribution in [0.15, 0.2) is 53.4 Å². The topological polar surface area (TPSA) is 84.5 Å². The third-order valence-electron chi connectivity index (χ3n) is 4.69. The van der Waals surface area contributed by atoms with Gasteiger partial charge in [0.25, 0.3) is 5.91 Å². The van der Waals surface area contributed by atoms with Gasteiger partial charge in [-0.05, 0) is 43.2 Å². The summed E-state index contributed by atoms with van der Waals surface area (Å²) >= 11 is 0. The molecule has 0 radical (unpaired) electrons. The molecule has 0 atom stereocenters. The molecule has 3 rings (SSSR count). The number of carbonyl (C=O) groups is 1. The normalized spacial score (nSPS) is 15.3. The van der Waals surface area contributed by atoms with E-state index in [1.807, 2.05) is 0 Å². The van der Waals surface area contributed by atoms with E-state index in [1.165, 1.54) is 19.2 Å². The Morgan fingerprint density at radius 3 is 2.52 bits per heavy atom. The number of amides is 1. The van der Waals surface area contributed by atoms with Gasteiger partial charge in [0.2, 0.25) is 10.0 Å². The van der Waals surface area contributed by atoms with Crippen LogP contribution in [-0.2, 0) is 10.0 Å². The van der Waals surface area contributed by atoms with Crippen molar-refractivity contribution in [2.75, 3.05) is 12.4 Å². The van der Waals surface area contributed by atoms with Crippen molar-refractivity contribution in [2.24, 2.45) is 0 Å². The maximum atomic E-state index is 12.7. The molecule has 6 nitrogen and oxygen atoms in total. The predicted molar refractivity (Wildman–Crippen MR) is 105 cm³/mol. The average molecular weight is 388 g/mol. The summed E-state index contributed by atoms with van der Waals surface area (Å²) in [6.07, 6.45) is 4.93. The van der Waals surface area contributed by atoms with Crippen molar-refractivity contribution in [2.45, 2.75) is 43.0 Å². The number of methoxy groups -OCH3 is 1. The molecule has 1 aliphatic rings. The number of rotatable bonds is 6. The van der Waals surface area contributed by atoms with E-state index in [-0.39, 0.29) is 16.5 Å². The van der Waals surface area contributed by atoms with Crippen molar-refractivity contribution in [3.63, 3.8) is 0 Å². The predicted octanol–water partition coefficient (Wildman–Crippen LogP) is 3.56. The fourth-order valence-electron chi connectivity index (χ4n) is 3.25. The first-order chi connectivity index (χ1) is 13.0. The van der Waals surface area contributed by atoms with Crippen LogP contribution in [0.5, 0.6) is 5.75 Å². The standard InChI is InChI=1S/C20H24N2O4S/c1-26-19-13-6-5-12-18(19)21-20(23)15-8-7-11-17(14-15)27(24,25)22-16-9-3-2-4-10-16/h5-8,11-14,16,22H,2-4,9-10H2,1H3,(H,21,23). The van der Waals surface area contributed by atoms with E-state index in [4.69, 9.17) is 4.74 Å². The van der Waals surface area contributed by atoms with E-state index in [1.54, 1.807) is 36.4 Å². The zero-order valence-electron chi connectivity index (χ0n) is 15.3. The summed E-state index contributed by atoms with van der Waals surface area (Å²) in [5.41, 5.74) is 0.797. The molecule has 7 heteroatoms. The molecule has 1 saturated carbocycles. The Kier molecular flexibility index (Phi) is 6.13. The van der Waals surface area contributed by atoms with E-state index < -0.39 is 15.9 Å². The summed E-state index contributed by atoms with van der Waals surface area (Å²) in [4.78, 5) is 12.7. The average Bonchev–Trinajstić information content (AvgIpc) is 2.69. The van der Waals surface area contributed by atoms with Gasteiger partial charge in [0.05, 0.1) is 17.7 Å². The first kappa shape index (κ1) is 19.4. The number of hydrogen-bond donors (Lipinski definition) is 2. The Balaban J connectivity index is 1.77. The summed E-state index contributed by atoms with van der Waals surface area (Å²) < 4.78 is 33.3. The Labute approximate surface area is 160 Å². The van der Waals surface area contributed by atoms with Crippen LogP contribution in [0.3, 0.4) is 0 Å². The van der Waals surface area contributed by atoms with Gasteiger partial charge in [-0.1, -0.05) is 37.5 Å². The van der Waals surface area contributed by atoms with Gasteiger partial charge in [0.1, 0.15) is 5.75 Å². The Morgan fingerprint density at radius 2 is 1.78 bits per heavy atom. The van der Waals surface area contributed by atoms with Crippen molar-refractivity contribution in [1.29, 1.82) is 0 Å². The van der Waals surface area contributed by atoms with Gasteiger partial charge in [-0.2, -0.15) is 0 Å². The summed E-state index contributed by atoms with van der Waals surface area (Å²) in [6, 6.07) is 13.1. The van der Waals surface area contributed by atoms with Crippen LogP contribution < -0.4 is 14.8 Å². The molecule has 1 aliphatic carbocycles. The van der Waals surface area contributed by atoms with Crippen molar-refractivity contribution < 1.29 is 17.9 Å². The van der Waals surface area contributed by atoms with Crippen LogP contribution in [0.25, 0.3) is 0 Å². The summed E-state index contributed by atoms with van der Waals surface area (Å²) in [5.74, 6) is 0.141. The molecule has 0 bridgehead atoms. The van der Waals surface area contributed by atoms with Crippen molar-refractivity contribution in [3.8, 4) is 5.75 Å². The highest BCUT2D eigenvalue weighted by Crippen LogP contribution is 2.24. The van der Waals surface area contributed by atoms with Crippen molar-refractivity contribution in [1.82, 2.24) is 4.72 Å². The summed E-state index contributed by atoms with van der Waals surface area (Å²) in [5, 5.41) is 2.76. The minimum atomic E-state index is -3.66. The molecule has 27 heavy (non-hydrogen) atoms. The van der Waals surface area contributed by atoms with Gasteiger partial charge in [0, 0.05) is 11.6 Å². The lowest BCUT2D eigenvalue weighted by atomic mass is 9.96. The number of carbonyl (C=O) groups excluding carboxylic acids is 1. The molecule has 0 aromatic heterocycles. The molecule has 2 N–H and O–H groups in total. The van der Waals surface area contributed by atoms with E-state index >= 15 is 0 Å². The molecule has 144 valence electrons. The maximum Gasteiger partial charge on any atom is 0.255 e. The molecule has 0 unspecified atom stereocenters. The maximum absolute atomic E-state index is 12.7. The molecule has 0 heterocycles. The number of benzene rings is 2. The molecular weight excluding hydrogens is 364 g/mol. The first-order valence-corrected chi connectivity index (χ1v) is 10.5. The Morgan fingerprint density at radius 1 is 1.04 bits per heavy atom. The molecule has 2 aromatic carbocycles. The van der Waals surface area contributed by atoms with Gasteiger partial charge >= 0.3 is 0 Å². The fourth-order valence-corrected chi connectivity index (χ4v) is 4.61. The zero-order valence-corrected chi connectivity index (χ0v) is 16.1. The number of para-hydroxylation sites is 2. The third kappa shape index (κ3) is 4.87. The highest BCUT2D eigenvalue weighted by atomic mass is 32.2.